The lowest BCUT2D eigenvalue weighted by Gasteiger charge is -1.89. The summed E-state index contributed by atoms with van der Waals surface area (Å²) in [5.41, 5.74) is 2.94. The summed E-state index contributed by atoms with van der Waals surface area (Å²) in [4.78, 5) is 10.6. The van der Waals surface area contributed by atoms with Crippen molar-refractivity contribution in [3.05, 3.63) is 33.8 Å². The van der Waals surface area contributed by atoms with Crippen molar-refractivity contribution in [1.29, 1.82) is 0 Å². The molecule has 6 nitrogen and oxygen atoms in total. The van der Waals surface area contributed by atoms with Gasteiger partial charge in [0.25, 0.3) is 0 Å². The summed E-state index contributed by atoms with van der Waals surface area (Å²) in [6.45, 7) is 6.21. The van der Waals surface area contributed by atoms with E-state index in [1.54, 1.807) is 0 Å². The number of aryl methyl sites for hydroxylation is 2. The molecule has 2 heterocycles. The van der Waals surface area contributed by atoms with Gasteiger partial charge in [-0.25, -0.2) is 0 Å². The summed E-state index contributed by atoms with van der Waals surface area (Å²) in [6, 6.07) is 1.91. The van der Waals surface area contributed by atoms with Crippen molar-refractivity contribution in [3.8, 4) is 0 Å². The predicted molar refractivity (Wildman–Crippen MR) is 60.9 cm³/mol. The molecule has 0 bridgehead atoms. The maximum Gasteiger partial charge on any atom is 0.234 e. The van der Waals surface area contributed by atoms with Crippen molar-refractivity contribution in [3.63, 3.8) is 0 Å². The molecule has 0 aliphatic carbocycles. The molecule has 90 valence electrons. The number of hydrogen-bond donors (Lipinski definition) is 1. The minimum atomic E-state index is 0.459. The van der Waals surface area contributed by atoms with Gasteiger partial charge in [0.2, 0.25) is 23.7 Å². The van der Waals surface area contributed by atoms with Crippen LogP contribution in [0.4, 0.5) is 5.69 Å². The third kappa shape index (κ3) is 2.11. The van der Waals surface area contributed by atoms with E-state index in [1.807, 2.05) is 31.5 Å². The van der Waals surface area contributed by atoms with Crippen LogP contribution in [-0.4, -0.2) is 10.3 Å². The van der Waals surface area contributed by atoms with E-state index in [1.165, 1.54) is 0 Å². The highest BCUT2D eigenvalue weighted by Gasteiger charge is 2.21. The Morgan fingerprint density at radius 1 is 1.53 bits per heavy atom. The van der Waals surface area contributed by atoms with E-state index in [0.717, 1.165) is 29.3 Å². The molecule has 2 aromatic heterocycles. The zero-order valence-corrected chi connectivity index (χ0v) is 10.1. The first kappa shape index (κ1) is 11.5. The van der Waals surface area contributed by atoms with Crippen molar-refractivity contribution in [2.24, 2.45) is 5.18 Å². The van der Waals surface area contributed by atoms with Crippen LogP contribution in [0.2, 0.25) is 0 Å². The van der Waals surface area contributed by atoms with E-state index in [2.05, 4.69) is 15.4 Å². The van der Waals surface area contributed by atoms with Gasteiger partial charge >= 0.3 is 0 Å². The highest BCUT2D eigenvalue weighted by molar-refractivity contribution is 5.42. The van der Waals surface area contributed by atoms with Crippen molar-refractivity contribution in [1.82, 2.24) is 10.3 Å². The van der Waals surface area contributed by atoms with Crippen LogP contribution in [0, 0.1) is 18.8 Å². The lowest BCUT2D eigenvalue weighted by atomic mass is 10.3. The Kier molecular flexibility index (Phi) is 3.03. The van der Waals surface area contributed by atoms with Crippen LogP contribution in [0.25, 0.3) is 0 Å². The SMILES string of the molecule is CCc1cc(C[n+]2[nH]c(C)c(N=O)c2C)on1. The topological polar surface area (TPSA) is 75.1 Å². The Morgan fingerprint density at radius 2 is 2.29 bits per heavy atom. The number of aromatic nitrogens is 3. The van der Waals surface area contributed by atoms with Gasteiger partial charge in [0, 0.05) is 13.0 Å². The van der Waals surface area contributed by atoms with Gasteiger partial charge in [0.05, 0.1) is 5.69 Å². The summed E-state index contributed by atoms with van der Waals surface area (Å²) < 4.78 is 7.02. The molecule has 0 aliphatic heterocycles. The molecule has 0 aromatic carbocycles. The molecular weight excluding hydrogens is 220 g/mol. The van der Waals surface area contributed by atoms with Crippen LogP contribution in [-0.2, 0) is 13.0 Å². The molecule has 17 heavy (non-hydrogen) atoms. The first-order valence-corrected chi connectivity index (χ1v) is 5.52. The second-order valence-corrected chi connectivity index (χ2v) is 3.99. The standard InChI is InChI=1S/C11H14N4O2/c1-4-9-5-10(17-14-9)6-15-8(3)11(13-16)7(2)12-15/h5H,4,6H2,1-3H3/p+1. The number of aromatic amines is 1. The number of H-pyrrole nitrogens is 1. The fourth-order valence-corrected chi connectivity index (χ4v) is 1.78. The second kappa shape index (κ2) is 4.48. The van der Waals surface area contributed by atoms with E-state index in [-0.39, 0.29) is 0 Å². The Morgan fingerprint density at radius 3 is 2.82 bits per heavy atom. The lowest BCUT2D eigenvalue weighted by Crippen LogP contribution is -2.38. The van der Waals surface area contributed by atoms with Crippen molar-refractivity contribution in [2.45, 2.75) is 33.7 Å². The Bertz CT molecular complexity index is 542. The van der Waals surface area contributed by atoms with Gasteiger partial charge < -0.3 is 4.52 Å². The fraction of sp³-hybridized carbons (Fsp3) is 0.455. The lowest BCUT2D eigenvalue weighted by molar-refractivity contribution is -0.749. The van der Waals surface area contributed by atoms with E-state index in [9.17, 15) is 4.91 Å². The number of hydrogen-bond acceptors (Lipinski definition) is 4. The molecular formula is C11H15N4O2+. The number of nitrogens with zero attached hydrogens (tertiary/aromatic N) is 3. The molecule has 1 N–H and O–H groups in total. The number of rotatable bonds is 4. The highest BCUT2D eigenvalue weighted by atomic mass is 16.5. The Labute approximate surface area is 98.6 Å². The van der Waals surface area contributed by atoms with Crippen LogP contribution >= 0.6 is 0 Å². The average Bonchev–Trinajstić information content (AvgIpc) is 2.86. The van der Waals surface area contributed by atoms with Crippen molar-refractivity contribution >= 4 is 5.69 Å². The minimum Gasteiger partial charge on any atom is -0.354 e. The maximum absolute atomic E-state index is 10.6. The predicted octanol–water partition coefficient (Wildman–Crippen LogP) is 1.92. The summed E-state index contributed by atoms with van der Waals surface area (Å²) in [7, 11) is 0. The third-order valence-corrected chi connectivity index (χ3v) is 2.78. The molecule has 2 rings (SSSR count). The second-order valence-electron chi connectivity index (χ2n) is 3.99. The zero-order chi connectivity index (χ0) is 12.4. The molecule has 0 saturated heterocycles. The summed E-state index contributed by atoms with van der Waals surface area (Å²) in [6.07, 6.45) is 0.845. The quantitative estimate of drug-likeness (QED) is 0.649. The Balaban J connectivity index is 2.27. The summed E-state index contributed by atoms with van der Waals surface area (Å²) in [5.74, 6) is 0.758. The molecule has 0 radical (unpaired) electrons. The van der Waals surface area contributed by atoms with Crippen LogP contribution < -0.4 is 4.68 Å². The van der Waals surface area contributed by atoms with Crippen molar-refractivity contribution in [2.75, 3.05) is 0 Å². The van der Waals surface area contributed by atoms with Crippen molar-refractivity contribution < 1.29 is 9.20 Å². The monoisotopic (exact) mass is 235 g/mol. The fourth-order valence-electron chi connectivity index (χ4n) is 1.78. The van der Waals surface area contributed by atoms with Gasteiger partial charge in [-0.2, -0.15) is 5.10 Å². The normalized spacial score (nSPS) is 10.8. The molecule has 0 fully saturated rings. The molecule has 0 unspecified atom stereocenters. The van der Waals surface area contributed by atoms with E-state index in [0.29, 0.717) is 12.2 Å². The first-order chi connectivity index (χ1) is 8.15. The minimum absolute atomic E-state index is 0.459. The average molecular weight is 235 g/mol. The number of nitrogens with one attached hydrogen (secondary N) is 1. The van der Waals surface area contributed by atoms with Crippen LogP contribution in [0.1, 0.15) is 29.8 Å². The third-order valence-electron chi connectivity index (χ3n) is 2.78. The van der Waals surface area contributed by atoms with Gasteiger partial charge in [-0.3, -0.25) is 0 Å². The van der Waals surface area contributed by atoms with Gasteiger partial charge in [-0.15, -0.1) is 9.59 Å². The maximum atomic E-state index is 10.6. The largest absolute Gasteiger partial charge is 0.354 e. The smallest absolute Gasteiger partial charge is 0.234 e. The first-order valence-electron chi connectivity index (χ1n) is 5.52. The molecule has 0 amide bonds. The van der Waals surface area contributed by atoms with Crippen LogP contribution in [0.5, 0.6) is 0 Å². The number of nitroso groups, excluding NO2 is 1. The molecule has 0 saturated carbocycles. The van der Waals surface area contributed by atoms with E-state index < -0.39 is 0 Å². The van der Waals surface area contributed by atoms with Gasteiger partial charge in [0.1, 0.15) is 5.69 Å². The molecule has 0 aliphatic rings. The van der Waals surface area contributed by atoms with Gasteiger partial charge in [0.15, 0.2) is 0 Å². The highest BCUT2D eigenvalue weighted by Crippen LogP contribution is 2.18. The van der Waals surface area contributed by atoms with Crippen LogP contribution in [0.3, 0.4) is 0 Å². The van der Waals surface area contributed by atoms with Gasteiger partial charge in [-0.1, -0.05) is 12.1 Å². The van der Waals surface area contributed by atoms with E-state index >= 15 is 0 Å². The molecule has 0 spiro atoms. The molecule has 0 atom stereocenters. The summed E-state index contributed by atoms with van der Waals surface area (Å²) in [5, 5.41) is 10.0. The molecule has 2 aromatic rings. The van der Waals surface area contributed by atoms with Crippen LogP contribution in [0.15, 0.2) is 15.8 Å². The van der Waals surface area contributed by atoms with E-state index in [4.69, 9.17) is 4.52 Å². The zero-order valence-electron chi connectivity index (χ0n) is 10.1. The summed E-state index contributed by atoms with van der Waals surface area (Å²) >= 11 is 0. The van der Waals surface area contributed by atoms with Gasteiger partial charge in [-0.05, 0) is 18.5 Å². The Hall–Kier alpha value is -1.98. The molecule has 6 heteroatoms.